The maximum absolute atomic E-state index is 11.8. The van der Waals surface area contributed by atoms with Crippen LogP contribution in [0.4, 0.5) is 5.69 Å². The molecule has 0 aliphatic rings. The van der Waals surface area contributed by atoms with Crippen LogP contribution in [0.3, 0.4) is 0 Å². The molecule has 0 aliphatic heterocycles. The molecule has 8 heteroatoms. The fraction of sp³-hybridized carbons (Fsp3) is 0.188. The largest absolute Gasteiger partial charge is 0.481 e. The molecule has 2 aromatic rings. The smallest absolute Gasteiger partial charge is 0.336 e. The van der Waals surface area contributed by atoms with E-state index >= 15 is 0 Å². The molecule has 1 atom stereocenters. The van der Waals surface area contributed by atoms with E-state index in [9.17, 15) is 19.5 Å². The minimum atomic E-state index is -2.73. The van der Waals surface area contributed by atoms with E-state index in [2.05, 4.69) is 5.48 Å². The number of anilines is 1. The van der Waals surface area contributed by atoms with Crippen molar-refractivity contribution >= 4 is 34.4 Å². The summed E-state index contributed by atoms with van der Waals surface area (Å²) in [5.41, 5.74) is 0.139. The summed E-state index contributed by atoms with van der Waals surface area (Å²) in [6, 6.07) is 12.5. The van der Waals surface area contributed by atoms with Crippen LogP contribution in [0, 0.1) is 0 Å². The highest BCUT2D eigenvalue weighted by Crippen LogP contribution is 2.23. The van der Waals surface area contributed by atoms with Gasteiger partial charge in [-0.1, -0.05) is 36.4 Å². The van der Waals surface area contributed by atoms with Crippen LogP contribution in [0.15, 0.2) is 42.5 Å². The number of aliphatic hydroxyl groups is 1. The van der Waals surface area contributed by atoms with Gasteiger partial charge in [-0.15, -0.1) is 0 Å². The molecule has 0 amide bonds. The molecule has 0 aliphatic carbocycles. The lowest BCUT2D eigenvalue weighted by Crippen LogP contribution is -2.43. The second-order valence-corrected chi connectivity index (χ2v) is 5.19. The number of fused-ring (bicyclic) bond motifs is 1. The molecule has 2 aromatic carbocycles. The topological polar surface area (TPSA) is 133 Å². The molecular formula is C16H15NO7. The number of carboxylic acids is 2. The number of aliphatic carboxylic acids is 2. The molecule has 0 saturated carbocycles. The SMILES string of the molecule is O=C(O)CC(O)(CC(=O)ONc1cccc2ccccc12)C(=O)O. The number of carboxylic acid groups (broad SMARTS) is 2. The number of hydrogen-bond donors (Lipinski definition) is 4. The fourth-order valence-electron chi connectivity index (χ4n) is 2.17. The Labute approximate surface area is 136 Å². The molecule has 0 aromatic heterocycles. The van der Waals surface area contributed by atoms with Crippen molar-refractivity contribution in [1.82, 2.24) is 0 Å². The molecule has 4 N–H and O–H groups in total. The van der Waals surface area contributed by atoms with E-state index < -0.39 is 36.4 Å². The highest BCUT2D eigenvalue weighted by atomic mass is 16.7. The molecule has 0 heterocycles. The van der Waals surface area contributed by atoms with Gasteiger partial charge in [-0.05, 0) is 11.5 Å². The number of carbonyl (C=O) groups excluding carboxylic acids is 1. The van der Waals surface area contributed by atoms with Crippen LogP contribution in [0.1, 0.15) is 12.8 Å². The van der Waals surface area contributed by atoms with Crippen LogP contribution in [-0.4, -0.2) is 38.8 Å². The third kappa shape index (κ3) is 3.99. The van der Waals surface area contributed by atoms with Gasteiger partial charge in [0.15, 0.2) is 5.60 Å². The molecule has 2 rings (SSSR count). The molecule has 0 bridgehead atoms. The van der Waals surface area contributed by atoms with Crippen molar-refractivity contribution in [2.75, 3.05) is 5.48 Å². The molecule has 0 spiro atoms. The monoisotopic (exact) mass is 333 g/mol. The second kappa shape index (κ2) is 6.97. The zero-order chi connectivity index (χ0) is 17.7. The molecule has 0 saturated heterocycles. The van der Waals surface area contributed by atoms with Crippen molar-refractivity contribution in [3.63, 3.8) is 0 Å². The quantitative estimate of drug-likeness (QED) is 0.559. The standard InChI is InChI=1S/C16H15NO7/c18-13(19)8-16(23,15(21)22)9-14(20)24-17-12-7-3-5-10-4-1-2-6-11(10)12/h1-7,17,23H,8-9H2,(H,18,19)(H,21,22). The maximum atomic E-state index is 11.8. The maximum Gasteiger partial charge on any atom is 0.336 e. The van der Waals surface area contributed by atoms with E-state index in [0.717, 1.165) is 10.8 Å². The number of benzene rings is 2. The lowest BCUT2D eigenvalue weighted by Gasteiger charge is -2.20. The van der Waals surface area contributed by atoms with Crippen molar-refractivity contribution in [3.8, 4) is 0 Å². The van der Waals surface area contributed by atoms with Gasteiger partial charge in [-0.3, -0.25) is 4.79 Å². The predicted octanol–water partition coefficient (Wildman–Crippen LogP) is 1.39. The van der Waals surface area contributed by atoms with Crippen molar-refractivity contribution in [2.24, 2.45) is 0 Å². The van der Waals surface area contributed by atoms with Gasteiger partial charge in [0.05, 0.1) is 18.5 Å². The summed E-state index contributed by atoms with van der Waals surface area (Å²) < 4.78 is 0. The van der Waals surface area contributed by atoms with Crippen LogP contribution in [0.25, 0.3) is 10.8 Å². The summed E-state index contributed by atoms with van der Waals surface area (Å²) in [6.45, 7) is 0. The van der Waals surface area contributed by atoms with Crippen LogP contribution in [0.5, 0.6) is 0 Å². The fourth-order valence-corrected chi connectivity index (χ4v) is 2.17. The lowest BCUT2D eigenvalue weighted by atomic mass is 9.96. The van der Waals surface area contributed by atoms with Gasteiger partial charge in [0, 0.05) is 5.39 Å². The van der Waals surface area contributed by atoms with Crippen LogP contribution in [0.2, 0.25) is 0 Å². The van der Waals surface area contributed by atoms with Gasteiger partial charge in [0.2, 0.25) is 0 Å². The van der Waals surface area contributed by atoms with Crippen molar-refractivity contribution in [1.29, 1.82) is 0 Å². The molecule has 8 nitrogen and oxygen atoms in total. The molecular weight excluding hydrogens is 318 g/mol. The normalized spacial score (nSPS) is 13.0. The third-order valence-electron chi connectivity index (χ3n) is 3.34. The zero-order valence-electron chi connectivity index (χ0n) is 12.4. The predicted molar refractivity (Wildman–Crippen MR) is 83.1 cm³/mol. The van der Waals surface area contributed by atoms with E-state index in [0.29, 0.717) is 5.69 Å². The Hall–Kier alpha value is -3.13. The average Bonchev–Trinajstić information content (AvgIpc) is 2.51. The molecule has 0 fully saturated rings. The minimum absolute atomic E-state index is 0.471. The third-order valence-corrected chi connectivity index (χ3v) is 3.34. The van der Waals surface area contributed by atoms with Crippen LogP contribution >= 0.6 is 0 Å². The van der Waals surface area contributed by atoms with Crippen molar-refractivity contribution < 1.29 is 34.5 Å². The summed E-state index contributed by atoms with van der Waals surface area (Å²) in [6.07, 6.45) is -2.13. The number of rotatable bonds is 7. The van der Waals surface area contributed by atoms with E-state index in [1.165, 1.54) is 0 Å². The first-order chi connectivity index (χ1) is 11.3. The van der Waals surface area contributed by atoms with E-state index in [1.807, 2.05) is 18.2 Å². The molecule has 1 unspecified atom stereocenters. The van der Waals surface area contributed by atoms with Gasteiger partial charge in [0.25, 0.3) is 0 Å². The summed E-state index contributed by atoms with van der Waals surface area (Å²) in [4.78, 5) is 38.1. The number of hydrogen-bond acceptors (Lipinski definition) is 6. The van der Waals surface area contributed by atoms with Gasteiger partial charge in [-0.2, -0.15) is 0 Å². The van der Waals surface area contributed by atoms with Crippen molar-refractivity contribution in [2.45, 2.75) is 18.4 Å². The Kier molecular flexibility index (Phi) is 5.00. The van der Waals surface area contributed by atoms with E-state index in [1.54, 1.807) is 24.3 Å². The van der Waals surface area contributed by atoms with Crippen LogP contribution in [-0.2, 0) is 19.2 Å². The van der Waals surface area contributed by atoms with Gasteiger partial charge in [0.1, 0.15) is 0 Å². The first-order valence-electron chi connectivity index (χ1n) is 6.93. The Balaban J connectivity index is 2.07. The Morgan fingerprint density at radius 1 is 1.00 bits per heavy atom. The summed E-state index contributed by atoms with van der Waals surface area (Å²) >= 11 is 0. The summed E-state index contributed by atoms with van der Waals surface area (Å²) in [5.74, 6) is -4.46. The molecule has 126 valence electrons. The summed E-state index contributed by atoms with van der Waals surface area (Å²) in [7, 11) is 0. The Bertz CT molecular complexity index is 784. The van der Waals surface area contributed by atoms with Crippen molar-refractivity contribution in [3.05, 3.63) is 42.5 Å². The van der Waals surface area contributed by atoms with Gasteiger partial charge in [-0.25, -0.2) is 15.1 Å². The van der Waals surface area contributed by atoms with Crippen LogP contribution < -0.4 is 5.48 Å². The average molecular weight is 333 g/mol. The first-order valence-corrected chi connectivity index (χ1v) is 6.93. The second-order valence-electron chi connectivity index (χ2n) is 5.19. The molecule has 24 heavy (non-hydrogen) atoms. The van der Waals surface area contributed by atoms with Gasteiger partial charge >= 0.3 is 17.9 Å². The van der Waals surface area contributed by atoms with Gasteiger partial charge < -0.3 is 20.2 Å². The van der Waals surface area contributed by atoms with E-state index in [-0.39, 0.29) is 0 Å². The molecule has 0 radical (unpaired) electrons. The minimum Gasteiger partial charge on any atom is -0.481 e. The lowest BCUT2D eigenvalue weighted by molar-refractivity contribution is -0.171. The Morgan fingerprint density at radius 2 is 1.67 bits per heavy atom. The number of nitrogens with one attached hydrogen (secondary N) is 1. The highest BCUT2D eigenvalue weighted by Gasteiger charge is 2.41. The number of carbonyl (C=O) groups is 3. The zero-order valence-corrected chi connectivity index (χ0v) is 12.4. The summed E-state index contributed by atoms with van der Waals surface area (Å²) in [5, 5.41) is 29.0. The Morgan fingerprint density at radius 3 is 2.33 bits per heavy atom. The van der Waals surface area contributed by atoms with E-state index in [4.69, 9.17) is 15.1 Å². The first kappa shape index (κ1) is 17.2. The highest BCUT2D eigenvalue weighted by molar-refractivity contribution is 5.94.